The maximum atomic E-state index is 6.08. The van der Waals surface area contributed by atoms with E-state index in [1.807, 2.05) is 49.4 Å². The van der Waals surface area contributed by atoms with E-state index in [0.29, 0.717) is 5.15 Å². The Bertz CT molecular complexity index is 532. The first-order valence-corrected chi connectivity index (χ1v) is 5.53. The number of aromatic nitrogens is 1. The Labute approximate surface area is 99.7 Å². The number of benzene rings is 1. The number of hydrogen-bond acceptors (Lipinski definition) is 2. The molecule has 82 valence electrons. The minimum atomic E-state index is 0.0162. The average molecular weight is 233 g/mol. The molecule has 0 spiro atoms. The minimum Gasteiger partial charge on any atom is -0.325 e. The lowest BCUT2D eigenvalue weighted by Gasteiger charge is -2.02. The summed E-state index contributed by atoms with van der Waals surface area (Å²) in [7, 11) is 0. The first-order valence-electron chi connectivity index (χ1n) is 5.16. The third-order valence-corrected chi connectivity index (χ3v) is 2.59. The largest absolute Gasteiger partial charge is 0.325 e. The van der Waals surface area contributed by atoms with Gasteiger partial charge in [-0.3, -0.25) is 0 Å². The second kappa shape index (κ2) is 4.64. The van der Waals surface area contributed by atoms with Crippen LogP contribution in [0.25, 0.3) is 17.0 Å². The second-order valence-electron chi connectivity index (χ2n) is 3.78. The Morgan fingerprint density at radius 2 is 2.12 bits per heavy atom. The Morgan fingerprint density at radius 3 is 2.88 bits per heavy atom. The summed E-state index contributed by atoms with van der Waals surface area (Å²) in [5.41, 5.74) is 7.46. The van der Waals surface area contributed by atoms with Crippen LogP contribution in [0.15, 0.2) is 36.4 Å². The van der Waals surface area contributed by atoms with Crippen LogP contribution >= 0.6 is 11.6 Å². The van der Waals surface area contributed by atoms with Crippen molar-refractivity contribution in [3.63, 3.8) is 0 Å². The predicted molar refractivity (Wildman–Crippen MR) is 69.4 cm³/mol. The van der Waals surface area contributed by atoms with Gasteiger partial charge >= 0.3 is 0 Å². The lowest BCUT2D eigenvalue weighted by Crippen LogP contribution is -2.09. The third-order valence-electron chi connectivity index (χ3n) is 2.28. The van der Waals surface area contributed by atoms with Gasteiger partial charge in [0.2, 0.25) is 0 Å². The van der Waals surface area contributed by atoms with Crippen molar-refractivity contribution in [3.8, 4) is 0 Å². The number of nitrogens with two attached hydrogens (primary N) is 1. The molecule has 1 aromatic carbocycles. The molecule has 0 bridgehead atoms. The molecule has 2 aromatic rings. The standard InChI is InChI=1S/C13H13ClN2/c1-9(15)6-7-11-8-10-4-2-3-5-12(10)16-13(11)14/h2-9H,15H2,1H3/b7-6+. The number of nitrogens with zero attached hydrogens (tertiary/aromatic N) is 1. The van der Waals surface area contributed by atoms with Crippen LogP contribution in [-0.2, 0) is 0 Å². The van der Waals surface area contributed by atoms with Crippen molar-refractivity contribution in [3.05, 3.63) is 47.1 Å². The van der Waals surface area contributed by atoms with Crippen LogP contribution in [0.3, 0.4) is 0 Å². The number of pyridine rings is 1. The quantitative estimate of drug-likeness (QED) is 0.808. The molecular formula is C13H13ClN2. The van der Waals surface area contributed by atoms with Crippen molar-refractivity contribution in [2.24, 2.45) is 5.73 Å². The summed E-state index contributed by atoms with van der Waals surface area (Å²) in [5.74, 6) is 0. The molecule has 0 saturated carbocycles. The van der Waals surface area contributed by atoms with Gasteiger partial charge in [-0.05, 0) is 19.1 Å². The molecule has 0 fully saturated rings. The van der Waals surface area contributed by atoms with Crippen LogP contribution in [0.1, 0.15) is 12.5 Å². The van der Waals surface area contributed by atoms with Crippen molar-refractivity contribution < 1.29 is 0 Å². The van der Waals surface area contributed by atoms with E-state index in [1.54, 1.807) is 0 Å². The fraction of sp³-hybridized carbons (Fsp3) is 0.154. The Balaban J connectivity index is 2.50. The van der Waals surface area contributed by atoms with Crippen LogP contribution in [-0.4, -0.2) is 11.0 Å². The van der Waals surface area contributed by atoms with Crippen LogP contribution < -0.4 is 5.73 Å². The Hall–Kier alpha value is -1.38. The monoisotopic (exact) mass is 232 g/mol. The highest BCUT2D eigenvalue weighted by molar-refractivity contribution is 6.31. The summed E-state index contributed by atoms with van der Waals surface area (Å²) in [6, 6.07) is 9.92. The molecule has 1 atom stereocenters. The van der Waals surface area contributed by atoms with Gasteiger partial charge in [0.05, 0.1) is 5.52 Å². The van der Waals surface area contributed by atoms with Crippen molar-refractivity contribution in [2.75, 3.05) is 0 Å². The normalized spacial score (nSPS) is 13.4. The molecule has 2 rings (SSSR count). The molecular weight excluding hydrogens is 220 g/mol. The predicted octanol–water partition coefficient (Wildman–Crippen LogP) is 3.25. The zero-order valence-corrected chi connectivity index (χ0v) is 9.78. The molecule has 1 heterocycles. The zero-order valence-electron chi connectivity index (χ0n) is 9.02. The van der Waals surface area contributed by atoms with Gasteiger partial charge in [-0.1, -0.05) is 42.0 Å². The van der Waals surface area contributed by atoms with Crippen LogP contribution in [0.4, 0.5) is 0 Å². The molecule has 2 N–H and O–H groups in total. The smallest absolute Gasteiger partial charge is 0.136 e. The van der Waals surface area contributed by atoms with E-state index in [2.05, 4.69) is 4.98 Å². The summed E-state index contributed by atoms with van der Waals surface area (Å²) in [6.45, 7) is 1.92. The first kappa shape index (κ1) is 11.1. The molecule has 0 radical (unpaired) electrons. The molecule has 16 heavy (non-hydrogen) atoms. The fourth-order valence-electron chi connectivity index (χ4n) is 1.48. The average Bonchev–Trinajstić information content (AvgIpc) is 2.26. The van der Waals surface area contributed by atoms with Gasteiger partial charge in [0.15, 0.2) is 0 Å². The summed E-state index contributed by atoms with van der Waals surface area (Å²) >= 11 is 6.08. The van der Waals surface area contributed by atoms with Gasteiger partial charge in [-0.2, -0.15) is 0 Å². The second-order valence-corrected chi connectivity index (χ2v) is 4.14. The molecule has 1 unspecified atom stereocenters. The third kappa shape index (κ3) is 2.40. The molecule has 0 aliphatic carbocycles. The van der Waals surface area contributed by atoms with Gasteiger partial charge in [-0.15, -0.1) is 0 Å². The van der Waals surface area contributed by atoms with Gasteiger partial charge in [-0.25, -0.2) is 4.98 Å². The molecule has 0 amide bonds. The fourth-order valence-corrected chi connectivity index (χ4v) is 1.69. The SMILES string of the molecule is CC(N)/C=C/c1cc2ccccc2nc1Cl. The van der Waals surface area contributed by atoms with Crippen molar-refractivity contribution in [1.29, 1.82) is 0 Å². The Morgan fingerprint density at radius 1 is 1.38 bits per heavy atom. The molecule has 0 aliphatic rings. The number of para-hydroxylation sites is 1. The molecule has 2 nitrogen and oxygen atoms in total. The molecule has 3 heteroatoms. The van der Waals surface area contributed by atoms with E-state index in [-0.39, 0.29) is 6.04 Å². The summed E-state index contributed by atoms with van der Waals surface area (Å²) in [4.78, 5) is 4.33. The maximum absolute atomic E-state index is 6.08. The van der Waals surface area contributed by atoms with Crippen molar-refractivity contribution in [2.45, 2.75) is 13.0 Å². The first-order chi connectivity index (χ1) is 7.66. The lowest BCUT2D eigenvalue weighted by atomic mass is 10.1. The summed E-state index contributed by atoms with van der Waals surface area (Å²) < 4.78 is 0. The van der Waals surface area contributed by atoms with E-state index < -0.39 is 0 Å². The highest BCUT2D eigenvalue weighted by Gasteiger charge is 2.01. The summed E-state index contributed by atoms with van der Waals surface area (Å²) in [5, 5.41) is 1.59. The van der Waals surface area contributed by atoms with E-state index >= 15 is 0 Å². The Kier molecular flexibility index (Phi) is 3.22. The van der Waals surface area contributed by atoms with Crippen LogP contribution in [0.2, 0.25) is 5.15 Å². The molecule has 0 aliphatic heterocycles. The van der Waals surface area contributed by atoms with Gasteiger partial charge in [0.1, 0.15) is 5.15 Å². The molecule has 1 aromatic heterocycles. The highest BCUT2D eigenvalue weighted by atomic mass is 35.5. The minimum absolute atomic E-state index is 0.0162. The van der Waals surface area contributed by atoms with Gasteiger partial charge < -0.3 is 5.73 Å². The number of fused-ring (bicyclic) bond motifs is 1. The number of rotatable bonds is 2. The van der Waals surface area contributed by atoms with E-state index in [4.69, 9.17) is 17.3 Å². The molecule has 0 saturated heterocycles. The lowest BCUT2D eigenvalue weighted by molar-refractivity contribution is 0.931. The van der Waals surface area contributed by atoms with Crippen LogP contribution in [0.5, 0.6) is 0 Å². The van der Waals surface area contributed by atoms with E-state index in [1.165, 1.54) is 0 Å². The van der Waals surface area contributed by atoms with Gasteiger partial charge in [0, 0.05) is 17.0 Å². The zero-order chi connectivity index (χ0) is 11.5. The van der Waals surface area contributed by atoms with Crippen molar-refractivity contribution >= 4 is 28.6 Å². The van der Waals surface area contributed by atoms with Crippen LogP contribution in [0, 0.1) is 0 Å². The van der Waals surface area contributed by atoms with E-state index in [0.717, 1.165) is 16.5 Å². The van der Waals surface area contributed by atoms with E-state index in [9.17, 15) is 0 Å². The number of hydrogen-bond donors (Lipinski definition) is 1. The topological polar surface area (TPSA) is 38.9 Å². The maximum Gasteiger partial charge on any atom is 0.136 e. The highest BCUT2D eigenvalue weighted by Crippen LogP contribution is 2.21. The summed E-state index contributed by atoms with van der Waals surface area (Å²) in [6.07, 6.45) is 3.81. The van der Waals surface area contributed by atoms with Gasteiger partial charge in [0.25, 0.3) is 0 Å². The number of halogens is 1. The van der Waals surface area contributed by atoms with Crippen molar-refractivity contribution in [1.82, 2.24) is 4.98 Å².